The number of nitrogens with zero attached hydrogens (tertiary/aromatic N) is 1. The monoisotopic (exact) mass is 335 g/mol. The molecule has 0 spiro atoms. The molecule has 0 N–H and O–H groups in total. The van der Waals surface area contributed by atoms with E-state index >= 15 is 0 Å². The van der Waals surface area contributed by atoms with E-state index in [0.717, 1.165) is 23.0 Å². The van der Waals surface area contributed by atoms with E-state index in [1.165, 1.54) is 21.7 Å². The Hall–Kier alpha value is -2.26. The Morgan fingerprint density at radius 2 is 1.71 bits per heavy atom. The van der Waals surface area contributed by atoms with E-state index in [4.69, 9.17) is 4.74 Å². The van der Waals surface area contributed by atoms with E-state index < -0.39 is 0 Å². The van der Waals surface area contributed by atoms with E-state index in [0.29, 0.717) is 5.92 Å². The van der Waals surface area contributed by atoms with Crippen molar-refractivity contribution in [3.63, 3.8) is 0 Å². The first-order chi connectivity index (χ1) is 11.7. The molecule has 0 radical (unpaired) electrons. The minimum absolute atomic E-state index is 0.459. The fraction of sp³-hybridized carbons (Fsp3) is 0.238. The summed E-state index contributed by atoms with van der Waals surface area (Å²) in [6.45, 7) is 7.63. The van der Waals surface area contributed by atoms with Gasteiger partial charge >= 0.3 is 0 Å². The minimum Gasteiger partial charge on any atom is -0.442 e. The Morgan fingerprint density at radius 1 is 1.00 bits per heavy atom. The summed E-state index contributed by atoms with van der Waals surface area (Å²) < 4.78 is 6.28. The first-order valence-electron chi connectivity index (χ1n) is 8.47. The molecule has 2 aromatic carbocycles. The van der Waals surface area contributed by atoms with Gasteiger partial charge in [-0.15, -0.1) is 11.3 Å². The van der Waals surface area contributed by atoms with Crippen LogP contribution in [-0.4, -0.2) is 6.54 Å². The molecule has 3 heteroatoms. The van der Waals surface area contributed by atoms with Crippen molar-refractivity contribution >= 4 is 22.7 Å². The Kier molecular flexibility index (Phi) is 3.81. The van der Waals surface area contributed by atoms with Gasteiger partial charge in [0.25, 0.3) is 0 Å². The van der Waals surface area contributed by atoms with Crippen LogP contribution in [0.5, 0.6) is 10.8 Å². The molecule has 122 valence electrons. The van der Waals surface area contributed by atoms with Gasteiger partial charge < -0.3 is 9.64 Å². The molecule has 0 unspecified atom stereocenters. The maximum atomic E-state index is 6.28. The van der Waals surface area contributed by atoms with Crippen LogP contribution in [0.15, 0.2) is 54.6 Å². The third-order valence-electron chi connectivity index (χ3n) is 4.41. The number of rotatable bonds is 3. The summed E-state index contributed by atoms with van der Waals surface area (Å²) in [4.78, 5) is 3.77. The molecule has 0 amide bonds. The lowest BCUT2D eigenvalue weighted by Crippen LogP contribution is -2.20. The van der Waals surface area contributed by atoms with Gasteiger partial charge in [-0.25, -0.2) is 0 Å². The van der Waals surface area contributed by atoms with Crippen LogP contribution in [-0.2, 0) is 0 Å². The van der Waals surface area contributed by atoms with Gasteiger partial charge in [0.1, 0.15) is 5.69 Å². The number of hydrogen-bond donors (Lipinski definition) is 0. The van der Waals surface area contributed by atoms with Gasteiger partial charge in [0, 0.05) is 17.0 Å². The lowest BCUT2D eigenvalue weighted by atomic mass is 9.98. The van der Waals surface area contributed by atoms with E-state index in [1.54, 1.807) is 11.3 Å². The maximum absolute atomic E-state index is 6.28. The third-order valence-corrected chi connectivity index (χ3v) is 5.77. The van der Waals surface area contributed by atoms with Crippen LogP contribution >= 0.6 is 11.3 Å². The van der Waals surface area contributed by atoms with Crippen molar-refractivity contribution in [2.75, 3.05) is 11.4 Å². The van der Waals surface area contributed by atoms with Crippen molar-refractivity contribution < 1.29 is 4.74 Å². The highest BCUT2D eigenvalue weighted by Crippen LogP contribution is 2.57. The molecule has 0 saturated heterocycles. The molecular formula is C21H21NOS. The summed E-state index contributed by atoms with van der Waals surface area (Å²) >= 11 is 1.78. The number of fused-ring (bicyclic) bond motifs is 2. The van der Waals surface area contributed by atoms with Gasteiger partial charge in [-0.05, 0) is 30.5 Å². The molecule has 0 bridgehead atoms. The van der Waals surface area contributed by atoms with Crippen LogP contribution in [0.25, 0.3) is 11.1 Å². The molecule has 0 aliphatic carbocycles. The van der Waals surface area contributed by atoms with Crippen LogP contribution in [0.4, 0.5) is 11.4 Å². The number of para-hydroxylation sites is 2. The Bertz CT molecular complexity index is 867. The zero-order chi connectivity index (χ0) is 16.7. The predicted octanol–water partition coefficient (Wildman–Crippen LogP) is 6.80. The van der Waals surface area contributed by atoms with Crippen LogP contribution in [0.3, 0.4) is 0 Å². The molecule has 1 aliphatic heterocycles. The fourth-order valence-electron chi connectivity index (χ4n) is 3.34. The first-order valence-corrected chi connectivity index (χ1v) is 9.28. The molecule has 0 atom stereocenters. The second kappa shape index (κ2) is 5.99. The number of anilines is 2. The van der Waals surface area contributed by atoms with Crippen molar-refractivity contribution in [3.05, 3.63) is 59.5 Å². The van der Waals surface area contributed by atoms with Crippen molar-refractivity contribution in [2.24, 2.45) is 0 Å². The number of ether oxygens (including phenoxy) is 1. The van der Waals surface area contributed by atoms with Crippen LogP contribution in [0, 0.1) is 0 Å². The van der Waals surface area contributed by atoms with Crippen molar-refractivity contribution in [3.8, 4) is 21.9 Å². The average Bonchev–Trinajstić information content (AvgIpc) is 2.99. The molecule has 2 heterocycles. The SMILES string of the molecule is CCN1c2ccccc2Oc2sc(C(C)C)c(-c3ccccc3)c21. The highest BCUT2D eigenvalue weighted by atomic mass is 32.1. The van der Waals surface area contributed by atoms with E-state index in [1.807, 2.05) is 6.07 Å². The first kappa shape index (κ1) is 15.3. The Morgan fingerprint density at radius 3 is 2.42 bits per heavy atom. The van der Waals surface area contributed by atoms with Gasteiger partial charge in [-0.2, -0.15) is 0 Å². The summed E-state index contributed by atoms with van der Waals surface area (Å²) in [5.74, 6) is 1.41. The van der Waals surface area contributed by atoms with Crippen LogP contribution in [0.1, 0.15) is 31.6 Å². The molecule has 4 rings (SSSR count). The molecule has 24 heavy (non-hydrogen) atoms. The standard InChI is InChI=1S/C21H21NOS/c1-4-22-16-12-8-9-13-17(16)23-21-19(22)18(20(24-21)14(2)3)15-10-6-5-7-11-15/h5-14H,4H2,1-3H3. The van der Waals surface area contributed by atoms with Crippen molar-refractivity contribution in [1.82, 2.24) is 0 Å². The normalized spacial score (nSPS) is 12.8. The molecule has 1 aliphatic rings. The molecule has 3 aromatic rings. The smallest absolute Gasteiger partial charge is 0.205 e. The Balaban J connectivity index is 1.98. The average molecular weight is 335 g/mol. The summed E-state index contributed by atoms with van der Waals surface area (Å²) in [5.41, 5.74) is 4.95. The lowest BCUT2D eigenvalue weighted by molar-refractivity contribution is 0.488. The van der Waals surface area contributed by atoms with E-state index in [-0.39, 0.29) is 0 Å². The van der Waals surface area contributed by atoms with Crippen molar-refractivity contribution in [2.45, 2.75) is 26.7 Å². The van der Waals surface area contributed by atoms with Gasteiger partial charge in [0.2, 0.25) is 5.06 Å². The zero-order valence-electron chi connectivity index (χ0n) is 14.2. The number of hydrogen-bond acceptors (Lipinski definition) is 3. The highest BCUT2D eigenvalue weighted by molar-refractivity contribution is 7.15. The molecule has 2 nitrogen and oxygen atoms in total. The lowest BCUT2D eigenvalue weighted by Gasteiger charge is -2.31. The van der Waals surface area contributed by atoms with E-state index in [9.17, 15) is 0 Å². The Labute approximate surface area is 147 Å². The minimum atomic E-state index is 0.459. The van der Waals surface area contributed by atoms with Crippen LogP contribution < -0.4 is 9.64 Å². The second-order valence-corrected chi connectivity index (χ2v) is 7.33. The van der Waals surface area contributed by atoms with Crippen molar-refractivity contribution in [1.29, 1.82) is 0 Å². The molecule has 1 aromatic heterocycles. The molecule has 0 fully saturated rings. The predicted molar refractivity (Wildman–Crippen MR) is 103 cm³/mol. The maximum Gasteiger partial charge on any atom is 0.205 e. The number of benzene rings is 2. The highest BCUT2D eigenvalue weighted by Gasteiger charge is 2.31. The summed E-state index contributed by atoms with van der Waals surface area (Å²) in [5, 5.41) is 1.01. The van der Waals surface area contributed by atoms with Gasteiger partial charge in [0.05, 0.1) is 5.69 Å². The van der Waals surface area contributed by atoms with Gasteiger partial charge in [-0.1, -0.05) is 56.3 Å². The second-order valence-electron chi connectivity index (χ2n) is 6.31. The number of thiophene rings is 1. The van der Waals surface area contributed by atoms with Gasteiger partial charge in [0.15, 0.2) is 5.75 Å². The van der Waals surface area contributed by atoms with Gasteiger partial charge in [-0.3, -0.25) is 0 Å². The van der Waals surface area contributed by atoms with E-state index in [2.05, 4.69) is 74.2 Å². The summed E-state index contributed by atoms with van der Waals surface area (Å²) in [6, 6.07) is 19.0. The zero-order valence-corrected chi connectivity index (χ0v) is 15.1. The summed E-state index contributed by atoms with van der Waals surface area (Å²) in [7, 11) is 0. The fourth-order valence-corrected chi connectivity index (χ4v) is 4.53. The topological polar surface area (TPSA) is 12.5 Å². The summed E-state index contributed by atoms with van der Waals surface area (Å²) in [6.07, 6.45) is 0. The molecular weight excluding hydrogens is 314 g/mol. The van der Waals surface area contributed by atoms with Crippen LogP contribution in [0.2, 0.25) is 0 Å². The largest absolute Gasteiger partial charge is 0.442 e. The quantitative estimate of drug-likeness (QED) is 0.521. The molecule has 0 saturated carbocycles. The third kappa shape index (κ3) is 2.31.